The van der Waals surface area contributed by atoms with Crippen molar-refractivity contribution in [2.45, 2.75) is 70.1 Å². The summed E-state index contributed by atoms with van der Waals surface area (Å²) < 4.78 is 4.68. The van der Waals surface area contributed by atoms with E-state index >= 15 is 0 Å². The van der Waals surface area contributed by atoms with Gasteiger partial charge in [0.1, 0.15) is 6.04 Å². The van der Waals surface area contributed by atoms with Crippen LogP contribution in [0.4, 0.5) is 4.79 Å². The molecular formula is C27H48N4O10S. The van der Waals surface area contributed by atoms with E-state index in [0.717, 1.165) is 25.3 Å². The van der Waals surface area contributed by atoms with Gasteiger partial charge in [-0.2, -0.15) is 11.8 Å². The molecule has 1 heterocycles. The Labute approximate surface area is 251 Å². The summed E-state index contributed by atoms with van der Waals surface area (Å²) in [5.74, 6) is -1.62. The molecule has 0 aromatic carbocycles. The number of likely N-dealkylation sites (N-methyl/N-ethyl adjacent to an activating group) is 1. The summed E-state index contributed by atoms with van der Waals surface area (Å²) in [5.41, 5.74) is 0. The maximum Gasteiger partial charge on any atom is 0.335 e. The molecule has 3 amide bonds. The molecule has 1 saturated heterocycles. The third kappa shape index (κ3) is 14.5. The lowest BCUT2D eigenvalue weighted by atomic mass is 9.87. The Morgan fingerprint density at radius 3 is 2.02 bits per heavy atom. The largest absolute Gasteiger partial charge is 0.479 e. The highest BCUT2D eigenvalue weighted by molar-refractivity contribution is 7.99. The van der Waals surface area contributed by atoms with Gasteiger partial charge in [-0.3, -0.25) is 9.59 Å². The van der Waals surface area contributed by atoms with Crippen molar-refractivity contribution in [3.63, 3.8) is 0 Å². The van der Waals surface area contributed by atoms with E-state index in [4.69, 9.17) is 20.4 Å². The molecule has 0 radical (unpaired) electrons. The highest BCUT2D eigenvalue weighted by Crippen LogP contribution is 2.26. The van der Waals surface area contributed by atoms with E-state index in [1.807, 2.05) is 9.80 Å². The Morgan fingerprint density at radius 2 is 1.50 bits per heavy atom. The Bertz CT molecular complexity index is 848. The molecule has 2 aliphatic rings. The van der Waals surface area contributed by atoms with E-state index in [1.54, 1.807) is 18.7 Å². The molecule has 0 bridgehead atoms. The number of piperazine rings is 1. The summed E-state index contributed by atoms with van der Waals surface area (Å²) in [5, 5.41) is 35.5. The molecule has 2 fully saturated rings. The van der Waals surface area contributed by atoms with E-state index in [0.29, 0.717) is 44.3 Å². The van der Waals surface area contributed by atoms with Crippen LogP contribution in [0.15, 0.2) is 0 Å². The van der Waals surface area contributed by atoms with Crippen LogP contribution in [0.5, 0.6) is 0 Å². The zero-order chi connectivity index (χ0) is 31.7. The number of carbonyl (C=O) groups is 5. The molecule has 242 valence electrons. The van der Waals surface area contributed by atoms with Gasteiger partial charge in [-0.25, -0.2) is 14.4 Å². The molecular weight excluding hydrogens is 572 g/mol. The summed E-state index contributed by atoms with van der Waals surface area (Å²) in [7, 11) is 3.45. The number of esters is 1. The summed E-state index contributed by atoms with van der Waals surface area (Å²) in [6, 6.07) is -0.695. The number of thioether (sulfide) groups is 1. The van der Waals surface area contributed by atoms with Gasteiger partial charge in [0.2, 0.25) is 5.91 Å². The predicted octanol–water partition coefficient (Wildman–Crippen LogP) is 0.305. The summed E-state index contributed by atoms with van der Waals surface area (Å²) in [4.78, 5) is 62.6. The van der Waals surface area contributed by atoms with Crippen LogP contribution in [0, 0.1) is 5.92 Å². The van der Waals surface area contributed by atoms with E-state index in [1.165, 1.54) is 39.2 Å². The fraction of sp³-hybridized carbons (Fsp3) is 0.815. The number of nitrogens with one attached hydrogen (secondary N) is 1. The molecule has 1 saturated carbocycles. The topological polar surface area (TPSA) is 197 Å². The minimum absolute atomic E-state index is 0.00821. The third-order valence-electron chi connectivity index (χ3n) is 7.33. The van der Waals surface area contributed by atoms with Crippen LogP contribution in [-0.2, 0) is 23.9 Å². The lowest BCUT2D eigenvalue weighted by molar-refractivity contribution is -0.165. The molecule has 1 aliphatic carbocycles. The van der Waals surface area contributed by atoms with Crippen molar-refractivity contribution in [3.8, 4) is 0 Å². The average molecular weight is 621 g/mol. The first-order valence-electron chi connectivity index (χ1n) is 14.4. The molecule has 3 atom stereocenters. The van der Waals surface area contributed by atoms with Crippen LogP contribution in [0.1, 0.15) is 51.9 Å². The monoisotopic (exact) mass is 620 g/mol. The van der Waals surface area contributed by atoms with Gasteiger partial charge in [0.05, 0.1) is 13.5 Å². The predicted molar refractivity (Wildman–Crippen MR) is 156 cm³/mol. The van der Waals surface area contributed by atoms with Gasteiger partial charge in [-0.15, -0.1) is 0 Å². The molecule has 42 heavy (non-hydrogen) atoms. The first kappa shape index (κ1) is 37.4. The summed E-state index contributed by atoms with van der Waals surface area (Å²) >= 11 is 1.65. The number of carbonyl (C=O) groups excluding carboxylic acids is 3. The molecule has 5 N–H and O–H groups in total. The van der Waals surface area contributed by atoms with Crippen molar-refractivity contribution in [1.82, 2.24) is 20.0 Å². The molecule has 0 aromatic heterocycles. The summed E-state index contributed by atoms with van der Waals surface area (Å²) in [6.45, 7) is 6.24. The van der Waals surface area contributed by atoms with Crippen molar-refractivity contribution in [2.75, 3.05) is 64.9 Å². The van der Waals surface area contributed by atoms with Gasteiger partial charge in [0.15, 0.2) is 12.2 Å². The Morgan fingerprint density at radius 1 is 0.929 bits per heavy atom. The zero-order valence-electron chi connectivity index (χ0n) is 24.9. The number of urea groups is 1. The number of hydrogen-bond acceptors (Lipinski definition) is 10. The first-order valence-corrected chi connectivity index (χ1v) is 15.5. The number of nitrogens with zero attached hydrogens (tertiary/aromatic N) is 3. The number of carboxylic acid groups (broad SMARTS) is 2. The normalized spacial score (nSPS) is 18.1. The van der Waals surface area contributed by atoms with Crippen molar-refractivity contribution in [3.05, 3.63) is 0 Å². The highest BCUT2D eigenvalue weighted by Gasteiger charge is 2.29. The lowest BCUT2D eigenvalue weighted by Crippen LogP contribution is -2.55. The number of carboxylic acids is 2. The van der Waals surface area contributed by atoms with Crippen molar-refractivity contribution < 1.29 is 49.1 Å². The average Bonchev–Trinajstić information content (AvgIpc) is 2.98. The van der Waals surface area contributed by atoms with Gasteiger partial charge in [-0.1, -0.05) is 32.1 Å². The van der Waals surface area contributed by atoms with Crippen LogP contribution in [0.2, 0.25) is 0 Å². The van der Waals surface area contributed by atoms with Gasteiger partial charge in [0, 0.05) is 50.8 Å². The van der Waals surface area contributed by atoms with Crippen molar-refractivity contribution in [2.24, 2.45) is 5.92 Å². The van der Waals surface area contributed by atoms with Crippen LogP contribution in [0.25, 0.3) is 0 Å². The lowest BCUT2D eigenvalue weighted by Gasteiger charge is -2.34. The number of amides is 3. The van der Waals surface area contributed by atoms with E-state index < -0.39 is 30.2 Å². The van der Waals surface area contributed by atoms with Gasteiger partial charge in [-0.05, 0) is 26.3 Å². The molecule has 0 spiro atoms. The first-order chi connectivity index (χ1) is 19.9. The van der Waals surface area contributed by atoms with Crippen LogP contribution in [0.3, 0.4) is 0 Å². The number of methoxy groups -OCH3 is 1. The third-order valence-corrected chi connectivity index (χ3v) is 8.30. The second-order valence-electron chi connectivity index (χ2n) is 10.6. The number of rotatable bonds is 14. The van der Waals surface area contributed by atoms with Crippen molar-refractivity contribution in [1.29, 1.82) is 0 Å². The van der Waals surface area contributed by atoms with Crippen LogP contribution >= 0.6 is 11.8 Å². The molecule has 0 unspecified atom stereocenters. The van der Waals surface area contributed by atoms with E-state index in [-0.39, 0.29) is 17.9 Å². The van der Waals surface area contributed by atoms with Crippen molar-refractivity contribution >= 4 is 41.6 Å². The SMILES string of the molecule is COC(=O)CCSCCN(CCC1CCCCC1)C(=O)N[C@@H](C)C(=O)N1CCN(C)CC1.O=C(O)[C@H](O)[C@@H](O)C(=O)O. The van der Waals surface area contributed by atoms with Gasteiger partial charge < -0.3 is 45.2 Å². The standard InChI is InChI=1S/C23H42N4O4S.C4H6O6/c1-19(22(29)26-14-12-25(2)13-15-26)24-23(30)27(11-9-20-7-5-4-6-8-20)16-18-32-17-10-21(28)31-3;5-1(3(7)8)2(6)4(9)10/h19-20H,4-18H2,1-3H3,(H,24,30);1-2,5-6H,(H,7,8)(H,9,10)/t19-;1-,2-/m01/s1. The number of aliphatic hydroxyl groups excluding tert-OH is 2. The van der Waals surface area contributed by atoms with E-state index in [2.05, 4.69) is 22.0 Å². The quantitative estimate of drug-likeness (QED) is 0.132. The van der Waals surface area contributed by atoms with Crippen LogP contribution in [-0.4, -0.2) is 148 Å². The maximum atomic E-state index is 13.0. The maximum absolute atomic E-state index is 13.0. The summed E-state index contributed by atoms with van der Waals surface area (Å²) in [6.07, 6.45) is 3.27. The zero-order valence-corrected chi connectivity index (χ0v) is 25.7. The van der Waals surface area contributed by atoms with Gasteiger partial charge >= 0.3 is 23.9 Å². The fourth-order valence-electron chi connectivity index (χ4n) is 4.57. The highest BCUT2D eigenvalue weighted by atomic mass is 32.2. The smallest absolute Gasteiger partial charge is 0.335 e. The second-order valence-corrected chi connectivity index (χ2v) is 11.8. The molecule has 15 heteroatoms. The minimum Gasteiger partial charge on any atom is -0.479 e. The Balaban J connectivity index is 0.000000752. The number of aliphatic carboxylic acids is 2. The molecule has 0 aromatic rings. The number of ether oxygens (including phenoxy) is 1. The number of hydrogen-bond donors (Lipinski definition) is 5. The molecule has 14 nitrogen and oxygen atoms in total. The minimum atomic E-state index is -2.27. The Hall–Kier alpha value is -2.62. The molecule has 2 rings (SSSR count). The Kier molecular flexibility index (Phi) is 18.1. The number of aliphatic hydroxyl groups is 2. The van der Waals surface area contributed by atoms with Gasteiger partial charge in [0.25, 0.3) is 0 Å². The fourth-order valence-corrected chi connectivity index (χ4v) is 5.44. The van der Waals surface area contributed by atoms with E-state index in [9.17, 15) is 24.0 Å². The molecule has 1 aliphatic heterocycles. The van der Waals surface area contributed by atoms with Crippen LogP contribution < -0.4 is 5.32 Å². The second kappa shape index (κ2) is 20.3.